The predicted octanol–water partition coefficient (Wildman–Crippen LogP) is 3.30. The molecular weight excluding hydrogens is 370 g/mol. The number of hydrogen-bond acceptors (Lipinski definition) is 6. The molecule has 4 rings (SSSR count). The van der Waals surface area contributed by atoms with Crippen LogP contribution in [-0.4, -0.2) is 38.7 Å². The molecular formula is C21H23N5O3. The first-order valence-electron chi connectivity index (χ1n) is 9.49. The lowest BCUT2D eigenvalue weighted by Gasteiger charge is -2.03. The molecule has 0 saturated heterocycles. The third-order valence-corrected chi connectivity index (χ3v) is 4.84. The van der Waals surface area contributed by atoms with Crippen LogP contribution in [0.4, 0.5) is 12.0 Å². The first kappa shape index (κ1) is 18.9. The number of carbonyl (C=O) groups excluding carboxylic acids is 1. The Morgan fingerprint density at radius 3 is 2.76 bits per heavy atom. The molecule has 0 atom stereocenters. The monoisotopic (exact) mass is 393 g/mol. The number of oxazole rings is 1. The van der Waals surface area contributed by atoms with Crippen molar-refractivity contribution >= 4 is 40.0 Å². The summed E-state index contributed by atoms with van der Waals surface area (Å²) in [4.78, 5) is 21.2. The van der Waals surface area contributed by atoms with E-state index >= 15 is 0 Å². The second kappa shape index (κ2) is 7.56. The highest BCUT2D eigenvalue weighted by atomic mass is 16.4. The number of anilines is 2. The molecule has 4 aromatic rings. The van der Waals surface area contributed by atoms with Gasteiger partial charge in [0.2, 0.25) is 5.95 Å². The fourth-order valence-electron chi connectivity index (χ4n) is 3.17. The van der Waals surface area contributed by atoms with Crippen molar-refractivity contribution in [2.45, 2.75) is 19.8 Å². The standard InChI is InChI=1S/C21H23N5O3/c1-12(2)13-4-6-15-18(11-13)29-21(24-15)25-20-23-16-10-14(19(28)22-8-9-27)5-7-17(16)26(20)3/h4-7,10-12,27H,8-9H2,1-3H3,(H,22,28)(H,23,24,25). The van der Waals surface area contributed by atoms with Gasteiger partial charge in [-0.3, -0.25) is 10.1 Å². The van der Waals surface area contributed by atoms with Crippen molar-refractivity contribution in [3.8, 4) is 0 Å². The van der Waals surface area contributed by atoms with Crippen molar-refractivity contribution in [2.75, 3.05) is 18.5 Å². The van der Waals surface area contributed by atoms with E-state index in [1.165, 1.54) is 5.56 Å². The molecule has 0 unspecified atom stereocenters. The molecule has 29 heavy (non-hydrogen) atoms. The predicted molar refractivity (Wildman–Crippen MR) is 112 cm³/mol. The van der Waals surface area contributed by atoms with Gasteiger partial charge in [0.25, 0.3) is 5.91 Å². The van der Waals surface area contributed by atoms with Crippen molar-refractivity contribution in [3.05, 3.63) is 47.5 Å². The Morgan fingerprint density at radius 1 is 1.17 bits per heavy atom. The van der Waals surface area contributed by atoms with Crippen molar-refractivity contribution < 1.29 is 14.3 Å². The maximum absolute atomic E-state index is 12.1. The Labute approximate surface area is 167 Å². The maximum Gasteiger partial charge on any atom is 0.302 e. The van der Waals surface area contributed by atoms with Gasteiger partial charge in [0.05, 0.1) is 17.6 Å². The van der Waals surface area contributed by atoms with Gasteiger partial charge in [-0.2, -0.15) is 4.98 Å². The van der Waals surface area contributed by atoms with Gasteiger partial charge in [-0.25, -0.2) is 4.98 Å². The Hall–Kier alpha value is -3.39. The molecule has 150 valence electrons. The summed E-state index contributed by atoms with van der Waals surface area (Å²) in [6.45, 7) is 4.37. The molecule has 2 aromatic carbocycles. The van der Waals surface area contributed by atoms with Crippen molar-refractivity contribution in [3.63, 3.8) is 0 Å². The summed E-state index contributed by atoms with van der Waals surface area (Å²) in [5.41, 5.74) is 4.71. The first-order chi connectivity index (χ1) is 14.0. The Kier molecular flexibility index (Phi) is 4.94. The number of amides is 1. The quantitative estimate of drug-likeness (QED) is 0.464. The number of rotatable bonds is 6. The zero-order valence-electron chi connectivity index (χ0n) is 16.6. The largest absolute Gasteiger partial charge is 0.423 e. The number of benzene rings is 2. The Morgan fingerprint density at radius 2 is 2.00 bits per heavy atom. The van der Waals surface area contributed by atoms with E-state index in [2.05, 4.69) is 40.5 Å². The molecule has 1 amide bonds. The van der Waals surface area contributed by atoms with E-state index in [9.17, 15) is 4.79 Å². The summed E-state index contributed by atoms with van der Waals surface area (Å²) < 4.78 is 7.73. The molecule has 0 radical (unpaired) electrons. The van der Waals surface area contributed by atoms with Gasteiger partial charge < -0.3 is 19.4 Å². The minimum Gasteiger partial charge on any atom is -0.423 e. The van der Waals surface area contributed by atoms with Crippen LogP contribution in [0.3, 0.4) is 0 Å². The SMILES string of the molecule is CC(C)c1ccc2nc(Nc3nc4cc(C(=O)NCCO)ccc4n3C)oc2c1. The van der Waals surface area contributed by atoms with Crippen LogP contribution in [0.15, 0.2) is 40.8 Å². The third-order valence-electron chi connectivity index (χ3n) is 4.84. The van der Waals surface area contributed by atoms with Crippen LogP contribution in [0.2, 0.25) is 0 Å². The average Bonchev–Trinajstić information content (AvgIpc) is 3.25. The number of fused-ring (bicyclic) bond motifs is 2. The number of aryl methyl sites for hydroxylation is 1. The Bertz CT molecular complexity index is 1190. The van der Waals surface area contributed by atoms with Crippen LogP contribution < -0.4 is 10.6 Å². The molecule has 2 heterocycles. The lowest BCUT2D eigenvalue weighted by atomic mass is 10.0. The molecule has 2 aromatic heterocycles. The average molecular weight is 393 g/mol. The zero-order chi connectivity index (χ0) is 20.5. The molecule has 0 saturated carbocycles. The summed E-state index contributed by atoms with van der Waals surface area (Å²) in [7, 11) is 1.88. The fraction of sp³-hybridized carbons (Fsp3) is 0.286. The fourth-order valence-corrected chi connectivity index (χ4v) is 3.17. The highest BCUT2D eigenvalue weighted by molar-refractivity contribution is 5.97. The molecule has 8 heteroatoms. The highest BCUT2D eigenvalue weighted by Crippen LogP contribution is 2.27. The molecule has 0 aliphatic heterocycles. The second-order valence-electron chi connectivity index (χ2n) is 7.20. The number of hydrogen-bond donors (Lipinski definition) is 3. The van der Waals surface area contributed by atoms with Gasteiger partial charge in [-0.1, -0.05) is 19.9 Å². The number of aliphatic hydroxyl groups excluding tert-OH is 1. The second-order valence-corrected chi connectivity index (χ2v) is 7.20. The topological polar surface area (TPSA) is 105 Å². The summed E-state index contributed by atoms with van der Waals surface area (Å²) in [6.07, 6.45) is 0. The molecule has 0 bridgehead atoms. The molecule has 0 aliphatic carbocycles. The Balaban J connectivity index is 1.63. The molecule has 8 nitrogen and oxygen atoms in total. The lowest BCUT2D eigenvalue weighted by Crippen LogP contribution is -2.26. The smallest absolute Gasteiger partial charge is 0.302 e. The van der Waals surface area contributed by atoms with Gasteiger partial charge in [0.1, 0.15) is 5.52 Å². The normalized spacial score (nSPS) is 11.5. The number of imidazole rings is 1. The lowest BCUT2D eigenvalue weighted by molar-refractivity contribution is 0.0945. The van der Waals surface area contributed by atoms with Crippen LogP contribution in [0.25, 0.3) is 22.1 Å². The number of carbonyl (C=O) groups is 1. The zero-order valence-corrected chi connectivity index (χ0v) is 16.6. The van der Waals surface area contributed by atoms with Crippen LogP contribution in [0.5, 0.6) is 0 Å². The first-order valence-corrected chi connectivity index (χ1v) is 9.49. The van der Waals surface area contributed by atoms with Crippen LogP contribution in [0.1, 0.15) is 35.7 Å². The van der Waals surface area contributed by atoms with E-state index in [0.29, 0.717) is 29.0 Å². The van der Waals surface area contributed by atoms with Gasteiger partial charge in [0.15, 0.2) is 5.58 Å². The van der Waals surface area contributed by atoms with Crippen molar-refractivity contribution in [2.24, 2.45) is 7.05 Å². The minimum absolute atomic E-state index is 0.102. The van der Waals surface area contributed by atoms with Crippen LogP contribution >= 0.6 is 0 Å². The minimum atomic E-state index is -0.249. The van der Waals surface area contributed by atoms with E-state index < -0.39 is 0 Å². The molecule has 3 N–H and O–H groups in total. The van der Waals surface area contributed by atoms with Gasteiger partial charge in [-0.15, -0.1) is 0 Å². The third kappa shape index (κ3) is 3.66. The number of nitrogens with zero attached hydrogens (tertiary/aromatic N) is 3. The number of aromatic nitrogens is 3. The van der Waals surface area contributed by atoms with Crippen LogP contribution in [0, 0.1) is 0 Å². The highest BCUT2D eigenvalue weighted by Gasteiger charge is 2.14. The van der Waals surface area contributed by atoms with Crippen molar-refractivity contribution in [1.82, 2.24) is 19.9 Å². The molecule has 0 aliphatic rings. The van der Waals surface area contributed by atoms with E-state index in [0.717, 1.165) is 16.6 Å². The molecule has 0 fully saturated rings. The maximum atomic E-state index is 12.1. The van der Waals surface area contributed by atoms with Gasteiger partial charge >= 0.3 is 6.01 Å². The van der Waals surface area contributed by atoms with Crippen molar-refractivity contribution in [1.29, 1.82) is 0 Å². The van der Waals surface area contributed by atoms with Crippen LogP contribution in [-0.2, 0) is 7.05 Å². The molecule has 0 spiro atoms. The van der Waals surface area contributed by atoms with E-state index in [1.807, 2.05) is 29.8 Å². The van der Waals surface area contributed by atoms with E-state index in [-0.39, 0.29) is 19.1 Å². The number of aliphatic hydroxyl groups is 1. The summed E-state index contributed by atoms with van der Waals surface area (Å²) in [6, 6.07) is 11.7. The van der Waals surface area contributed by atoms with E-state index in [1.54, 1.807) is 12.1 Å². The summed E-state index contributed by atoms with van der Waals surface area (Å²) in [5, 5.41) is 14.6. The summed E-state index contributed by atoms with van der Waals surface area (Å²) >= 11 is 0. The summed E-state index contributed by atoms with van der Waals surface area (Å²) in [5.74, 6) is 0.717. The van der Waals surface area contributed by atoms with E-state index in [4.69, 9.17) is 9.52 Å². The number of nitrogens with one attached hydrogen (secondary N) is 2. The van der Waals surface area contributed by atoms with Gasteiger partial charge in [-0.05, 0) is 41.8 Å². The van der Waals surface area contributed by atoms with Gasteiger partial charge in [0, 0.05) is 19.2 Å².